The highest BCUT2D eigenvalue weighted by atomic mass is 32.2. The molecule has 0 unspecified atom stereocenters. The van der Waals surface area contributed by atoms with Crippen LogP contribution in [-0.2, 0) is 21.2 Å². The molecule has 0 heterocycles. The molecule has 90 valence electrons. The van der Waals surface area contributed by atoms with Crippen LogP contribution < -0.4 is 5.48 Å². The number of halogens is 1. The highest BCUT2D eigenvalue weighted by molar-refractivity contribution is 7.90. The minimum Gasteiger partial charge on any atom is -0.508 e. The standard InChI is InChI=1S/C9H12FNO4S/c1-15-11-5-6-3-7(10)9(4-8(6)12)16(2,13)14/h3-4,11-12H,5H2,1-2H3. The summed E-state index contributed by atoms with van der Waals surface area (Å²) in [5.41, 5.74) is 2.63. The molecule has 0 spiro atoms. The molecule has 0 amide bonds. The summed E-state index contributed by atoms with van der Waals surface area (Å²) < 4.78 is 35.7. The summed E-state index contributed by atoms with van der Waals surface area (Å²) in [4.78, 5) is 4.01. The zero-order valence-corrected chi connectivity index (χ0v) is 9.64. The molecule has 0 atom stereocenters. The largest absolute Gasteiger partial charge is 0.508 e. The average molecular weight is 249 g/mol. The van der Waals surface area contributed by atoms with E-state index in [2.05, 4.69) is 10.3 Å². The SMILES string of the molecule is CONCc1cc(F)c(S(C)(=O)=O)cc1O. The Morgan fingerprint density at radius 2 is 2.12 bits per heavy atom. The topological polar surface area (TPSA) is 75.6 Å². The van der Waals surface area contributed by atoms with Gasteiger partial charge in [0.05, 0.1) is 7.11 Å². The quantitative estimate of drug-likeness (QED) is 0.764. The number of hydrogen-bond acceptors (Lipinski definition) is 5. The molecule has 0 aliphatic heterocycles. The molecule has 0 fully saturated rings. The van der Waals surface area contributed by atoms with Gasteiger partial charge in [-0.3, -0.25) is 0 Å². The van der Waals surface area contributed by atoms with E-state index in [1.54, 1.807) is 0 Å². The van der Waals surface area contributed by atoms with Gasteiger partial charge < -0.3 is 9.94 Å². The Balaban J connectivity index is 3.17. The van der Waals surface area contributed by atoms with Gasteiger partial charge in [-0.2, -0.15) is 5.48 Å². The number of benzene rings is 1. The molecule has 0 aliphatic rings. The van der Waals surface area contributed by atoms with Crippen LogP contribution in [0.5, 0.6) is 5.75 Å². The van der Waals surface area contributed by atoms with Crippen LogP contribution >= 0.6 is 0 Å². The van der Waals surface area contributed by atoms with Crippen LogP contribution in [0.4, 0.5) is 4.39 Å². The molecule has 1 rings (SSSR count). The third kappa shape index (κ3) is 2.91. The number of phenolic OH excluding ortho intramolecular Hbond substituents is 1. The fraction of sp³-hybridized carbons (Fsp3) is 0.333. The summed E-state index contributed by atoms with van der Waals surface area (Å²) in [6.45, 7) is 0.0727. The molecule has 0 saturated carbocycles. The van der Waals surface area contributed by atoms with Gasteiger partial charge in [-0.05, 0) is 6.07 Å². The Bertz CT molecular complexity index is 487. The lowest BCUT2D eigenvalue weighted by Gasteiger charge is -2.08. The maximum atomic E-state index is 13.4. The Labute approximate surface area is 92.7 Å². The molecule has 0 saturated heterocycles. The number of sulfone groups is 1. The molecule has 0 aromatic heterocycles. The highest BCUT2D eigenvalue weighted by Gasteiger charge is 2.17. The van der Waals surface area contributed by atoms with E-state index in [1.807, 2.05) is 0 Å². The van der Waals surface area contributed by atoms with E-state index in [-0.39, 0.29) is 17.9 Å². The van der Waals surface area contributed by atoms with Gasteiger partial charge in [-0.25, -0.2) is 12.8 Å². The molecule has 7 heteroatoms. The number of hydroxylamine groups is 1. The van der Waals surface area contributed by atoms with Gasteiger partial charge in [-0.1, -0.05) is 0 Å². The third-order valence-electron chi connectivity index (χ3n) is 1.94. The second kappa shape index (κ2) is 4.77. The lowest BCUT2D eigenvalue weighted by atomic mass is 10.2. The van der Waals surface area contributed by atoms with E-state index in [9.17, 15) is 17.9 Å². The van der Waals surface area contributed by atoms with E-state index in [1.165, 1.54) is 7.11 Å². The van der Waals surface area contributed by atoms with Crippen molar-refractivity contribution < 1.29 is 22.8 Å². The second-order valence-corrected chi connectivity index (χ2v) is 5.19. The van der Waals surface area contributed by atoms with Crippen LogP contribution in [0, 0.1) is 5.82 Å². The molecule has 0 aliphatic carbocycles. The Morgan fingerprint density at radius 3 is 2.62 bits per heavy atom. The lowest BCUT2D eigenvalue weighted by molar-refractivity contribution is 0.0860. The zero-order chi connectivity index (χ0) is 12.3. The van der Waals surface area contributed by atoms with E-state index in [0.29, 0.717) is 0 Å². The molecule has 1 aromatic carbocycles. The van der Waals surface area contributed by atoms with Crippen LogP contribution in [0.25, 0.3) is 0 Å². The summed E-state index contributed by atoms with van der Waals surface area (Å²) in [6.07, 6.45) is 0.873. The number of hydrogen-bond donors (Lipinski definition) is 2. The van der Waals surface area contributed by atoms with Gasteiger partial charge in [0.15, 0.2) is 9.84 Å². The van der Waals surface area contributed by atoms with Crippen molar-refractivity contribution in [1.82, 2.24) is 5.48 Å². The molecule has 0 bridgehead atoms. The highest BCUT2D eigenvalue weighted by Crippen LogP contribution is 2.24. The summed E-state index contributed by atoms with van der Waals surface area (Å²) in [5.74, 6) is -1.19. The Hall–Kier alpha value is -1.18. The summed E-state index contributed by atoms with van der Waals surface area (Å²) in [5, 5.41) is 9.48. The first-order valence-corrected chi connectivity index (χ1v) is 6.22. The first-order chi connectivity index (χ1) is 7.36. The van der Waals surface area contributed by atoms with Gasteiger partial charge in [-0.15, -0.1) is 0 Å². The van der Waals surface area contributed by atoms with Crippen LogP contribution in [-0.4, -0.2) is 26.9 Å². The number of rotatable bonds is 4. The van der Waals surface area contributed by atoms with Crippen molar-refractivity contribution in [1.29, 1.82) is 0 Å². The first kappa shape index (κ1) is 12.9. The molecule has 0 radical (unpaired) electrons. The van der Waals surface area contributed by atoms with Crippen LogP contribution in [0.1, 0.15) is 5.56 Å². The normalized spacial score (nSPS) is 11.7. The van der Waals surface area contributed by atoms with Gasteiger partial charge in [0, 0.05) is 24.4 Å². The number of phenols is 1. The van der Waals surface area contributed by atoms with Crippen molar-refractivity contribution in [3.63, 3.8) is 0 Å². The maximum absolute atomic E-state index is 13.4. The summed E-state index contributed by atoms with van der Waals surface area (Å²) in [7, 11) is -2.31. The monoisotopic (exact) mass is 249 g/mol. The molecule has 16 heavy (non-hydrogen) atoms. The lowest BCUT2D eigenvalue weighted by Crippen LogP contribution is -2.12. The number of nitrogens with one attached hydrogen (secondary N) is 1. The summed E-state index contributed by atoms with van der Waals surface area (Å²) >= 11 is 0. The van der Waals surface area contributed by atoms with Crippen LogP contribution in [0.15, 0.2) is 17.0 Å². The molecular weight excluding hydrogens is 237 g/mol. The van der Waals surface area contributed by atoms with E-state index >= 15 is 0 Å². The second-order valence-electron chi connectivity index (χ2n) is 3.21. The fourth-order valence-corrected chi connectivity index (χ4v) is 1.90. The minimum atomic E-state index is -3.68. The van der Waals surface area contributed by atoms with Gasteiger partial charge in [0.1, 0.15) is 16.5 Å². The number of aromatic hydroxyl groups is 1. The summed E-state index contributed by atoms with van der Waals surface area (Å²) in [6, 6.07) is 1.84. The van der Waals surface area contributed by atoms with Crippen molar-refractivity contribution in [3.8, 4) is 5.75 Å². The van der Waals surface area contributed by atoms with Crippen molar-refractivity contribution in [2.75, 3.05) is 13.4 Å². The van der Waals surface area contributed by atoms with Crippen molar-refractivity contribution in [2.24, 2.45) is 0 Å². The predicted molar refractivity (Wildman–Crippen MR) is 55.0 cm³/mol. The Morgan fingerprint density at radius 1 is 1.50 bits per heavy atom. The molecular formula is C9H12FNO4S. The zero-order valence-electron chi connectivity index (χ0n) is 8.82. The van der Waals surface area contributed by atoms with Crippen molar-refractivity contribution in [3.05, 3.63) is 23.5 Å². The van der Waals surface area contributed by atoms with Crippen LogP contribution in [0.2, 0.25) is 0 Å². The maximum Gasteiger partial charge on any atom is 0.178 e. The average Bonchev–Trinajstić information content (AvgIpc) is 2.17. The van der Waals surface area contributed by atoms with Crippen molar-refractivity contribution >= 4 is 9.84 Å². The van der Waals surface area contributed by atoms with E-state index in [0.717, 1.165) is 18.4 Å². The van der Waals surface area contributed by atoms with Gasteiger partial charge in [0.2, 0.25) is 0 Å². The van der Waals surface area contributed by atoms with Gasteiger partial charge in [0.25, 0.3) is 0 Å². The van der Waals surface area contributed by atoms with Gasteiger partial charge >= 0.3 is 0 Å². The fourth-order valence-electron chi connectivity index (χ4n) is 1.16. The molecule has 5 nitrogen and oxygen atoms in total. The third-order valence-corrected chi connectivity index (χ3v) is 3.05. The van der Waals surface area contributed by atoms with Crippen LogP contribution in [0.3, 0.4) is 0 Å². The predicted octanol–water partition coefficient (Wildman–Crippen LogP) is 0.586. The molecule has 2 N–H and O–H groups in total. The molecule has 1 aromatic rings. The minimum absolute atomic E-state index is 0.0727. The van der Waals surface area contributed by atoms with E-state index in [4.69, 9.17) is 0 Å². The smallest absolute Gasteiger partial charge is 0.178 e. The van der Waals surface area contributed by atoms with E-state index < -0.39 is 20.5 Å². The first-order valence-electron chi connectivity index (χ1n) is 4.33. The Kier molecular flexibility index (Phi) is 3.84. The van der Waals surface area contributed by atoms with Crippen molar-refractivity contribution in [2.45, 2.75) is 11.4 Å².